The first-order valence-electron chi connectivity index (χ1n) is 7.57. The molecule has 0 saturated heterocycles. The predicted octanol–water partition coefficient (Wildman–Crippen LogP) is 1.81. The van der Waals surface area contributed by atoms with Crippen LogP contribution in [0.3, 0.4) is 0 Å². The smallest absolute Gasteiger partial charge is 0.257 e. The van der Waals surface area contributed by atoms with E-state index in [0.717, 1.165) is 19.3 Å². The molecule has 1 aliphatic carbocycles. The number of nitrogens with two attached hydrogens (primary N) is 1. The molecule has 1 aliphatic rings. The lowest BCUT2D eigenvalue weighted by molar-refractivity contribution is 0.0935. The summed E-state index contributed by atoms with van der Waals surface area (Å²) in [6.45, 7) is 3.12. The number of rotatable bonds is 6. The summed E-state index contributed by atoms with van der Waals surface area (Å²) in [4.78, 5) is 12.4. The fraction of sp³-hybridized carbons (Fsp3) is 0.562. The third-order valence-electron chi connectivity index (χ3n) is 4.16. The third kappa shape index (κ3) is 3.67. The van der Waals surface area contributed by atoms with Crippen molar-refractivity contribution in [1.29, 1.82) is 0 Å². The zero-order valence-electron chi connectivity index (χ0n) is 12.5. The SMILES string of the molecule is CCOc1cccc(N)c1C(=O)NCC1CCCC1CO. The molecule has 2 atom stereocenters. The number of benzene rings is 1. The van der Waals surface area contributed by atoms with E-state index in [2.05, 4.69) is 5.32 Å². The average molecular weight is 292 g/mol. The molecule has 2 unspecified atom stereocenters. The molecule has 0 aliphatic heterocycles. The van der Waals surface area contributed by atoms with Gasteiger partial charge < -0.3 is 20.9 Å². The fourth-order valence-corrected chi connectivity index (χ4v) is 3.00. The molecule has 21 heavy (non-hydrogen) atoms. The van der Waals surface area contributed by atoms with E-state index in [0.29, 0.717) is 42.0 Å². The van der Waals surface area contributed by atoms with Crippen molar-refractivity contribution in [2.45, 2.75) is 26.2 Å². The van der Waals surface area contributed by atoms with Crippen LogP contribution in [0.15, 0.2) is 18.2 Å². The maximum atomic E-state index is 12.4. The molecule has 4 N–H and O–H groups in total. The van der Waals surface area contributed by atoms with Crippen LogP contribution >= 0.6 is 0 Å². The zero-order chi connectivity index (χ0) is 15.2. The molecule has 0 bridgehead atoms. The Morgan fingerprint density at radius 2 is 2.19 bits per heavy atom. The van der Waals surface area contributed by atoms with Crippen LogP contribution in [0, 0.1) is 11.8 Å². The second-order valence-corrected chi connectivity index (χ2v) is 5.50. The lowest BCUT2D eigenvalue weighted by atomic mass is 9.97. The normalized spacial score (nSPS) is 21.2. The van der Waals surface area contributed by atoms with Crippen molar-refractivity contribution in [3.63, 3.8) is 0 Å². The number of carbonyl (C=O) groups excluding carboxylic acids is 1. The van der Waals surface area contributed by atoms with Crippen LogP contribution in [0.4, 0.5) is 5.69 Å². The summed E-state index contributed by atoms with van der Waals surface area (Å²) < 4.78 is 5.47. The van der Waals surface area contributed by atoms with E-state index in [1.54, 1.807) is 18.2 Å². The molecule has 1 fully saturated rings. The fourth-order valence-electron chi connectivity index (χ4n) is 3.00. The number of amides is 1. The van der Waals surface area contributed by atoms with Crippen molar-refractivity contribution in [3.05, 3.63) is 23.8 Å². The second kappa shape index (κ2) is 7.31. The molecule has 5 nitrogen and oxygen atoms in total. The van der Waals surface area contributed by atoms with E-state index in [9.17, 15) is 9.90 Å². The zero-order valence-corrected chi connectivity index (χ0v) is 12.5. The highest BCUT2D eigenvalue weighted by atomic mass is 16.5. The molecule has 1 aromatic rings. The Hall–Kier alpha value is -1.75. The van der Waals surface area contributed by atoms with Gasteiger partial charge in [-0.2, -0.15) is 0 Å². The van der Waals surface area contributed by atoms with E-state index >= 15 is 0 Å². The van der Waals surface area contributed by atoms with Crippen LogP contribution in [-0.2, 0) is 0 Å². The molecular weight excluding hydrogens is 268 g/mol. The first-order valence-corrected chi connectivity index (χ1v) is 7.57. The Morgan fingerprint density at radius 1 is 1.43 bits per heavy atom. The highest BCUT2D eigenvalue weighted by Gasteiger charge is 2.27. The monoisotopic (exact) mass is 292 g/mol. The minimum Gasteiger partial charge on any atom is -0.493 e. The molecular formula is C16H24N2O3. The van der Waals surface area contributed by atoms with Crippen molar-refractivity contribution >= 4 is 11.6 Å². The number of ether oxygens (including phenoxy) is 1. The highest BCUT2D eigenvalue weighted by Crippen LogP contribution is 2.31. The van der Waals surface area contributed by atoms with Crippen molar-refractivity contribution in [1.82, 2.24) is 5.32 Å². The van der Waals surface area contributed by atoms with Gasteiger partial charge in [-0.3, -0.25) is 4.79 Å². The first-order chi connectivity index (χ1) is 10.2. The average Bonchev–Trinajstić information content (AvgIpc) is 2.93. The number of nitrogens with one attached hydrogen (secondary N) is 1. The maximum Gasteiger partial charge on any atom is 0.257 e. The van der Waals surface area contributed by atoms with Crippen LogP contribution in [0.2, 0.25) is 0 Å². The number of hydrogen-bond acceptors (Lipinski definition) is 4. The topological polar surface area (TPSA) is 84.6 Å². The van der Waals surface area contributed by atoms with Gasteiger partial charge in [-0.15, -0.1) is 0 Å². The standard InChI is InChI=1S/C16H24N2O3/c1-2-21-14-8-4-7-13(17)15(14)16(20)18-9-11-5-3-6-12(11)10-19/h4,7-8,11-12,19H,2-3,5-6,9-10,17H2,1H3,(H,18,20). The molecule has 0 spiro atoms. The second-order valence-electron chi connectivity index (χ2n) is 5.50. The summed E-state index contributed by atoms with van der Waals surface area (Å²) >= 11 is 0. The molecule has 1 aromatic carbocycles. The molecule has 0 heterocycles. The summed E-state index contributed by atoms with van der Waals surface area (Å²) in [6.07, 6.45) is 3.20. The number of aliphatic hydroxyl groups is 1. The van der Waals surface area contributed by atoms with Gasteiger partial charge in [0.2, 0.25) is 0 Å². The van der Waals surface area contributed by atoms with Crippen LogP contribution < -0.4 is 15.8 Å². The Morgan fingerprint density at radius 3 is 2.90 bits per heavy atom. The predicted molar refractivity (Wildman–Crippen MR) is 82.3 cm³/mol. The molecule has 116 valence electrons. The summed E-state index contributed by atoms with van der Waals surface area (Å²) in [6, 6.07) is 5.22. The van der Waals surface area contributed by atoms with Crippen LogP contribution in [0.5, 0.6) is 5.75 Å². The van der Waals surface area contributed by atoms with E-state index in [1.165, 1.54) is 0 Å². The first kappa shape index (κ1) is 15.6. The van der Waals surface area contributed by atoms with Crippen molar-refractivity contribution in [2.75, 3.05) is 25.5 Å². The van der Waals surface area contributed by atoms with Gasteiger partial charge in [0.05, 0.1) is 6.61 Å². The molecule has 0 radical (unpaired) electrons. The lowest BCUT2D eigenvalue weighted by Gasteiger charge is -2.19. The minimum absolute atomic E-state index is 0.193. The summed E-state index contributed by atoms with van der Waals surface area (Å²) in [5.41, 5.74) is 6.73. The molecule has 2 rings (SSSR count). The summed E-state index contributed by atoms with van der Waals surface area (Å²) in [7, 11) is 0. The molecule has 0 aromatic heterocycles. The largest absolute Gasteiger partial charge is 0.493 e. The van der Waals surface area contributed by atoms with Gasteiger partial charge in [0.1, 0.15) is 11.3 Å². The van der Waals surface area contributed by atoms with Gasteiger partial charge in [0, 0.05) is 18.8 Å². The summed E-state index contributed by atoms with van der Waals surface area (Å²) in [5, 5.41) is 12.3. The quantitative estimate of drug-likeness (QED) is 0.698. The van der Waals surface area contributed by atoms with Crippen LogP contribution in [0.1, 0.15) is 36.5 Å². The van der Waals surface area contributed by atoms with Crippen LogP contribution in [0.25, 0.3) is 0 Å². The highest BCUT2D eigenvalue weighted by molar-refractivity contribution is 6.01. The Bertz CT molecular complexity index is 490. The summed E-state index contributed by atoms with van der Waals surface area (Å²) in [5.74, 6) is 0.949. The van der Waals surface area contributed by atoms with Crippen molar-refractivity contribution in [3.8, 4) is 5.75 Å². The number of anilines is 1. The van der Waals surface area contributed by atoms with Gasteiger partial charge in [-0.05, 0) is 43.7 Å². The maximum absolute atomic E-state index is 12.4. The number of nitrogen functional groups attached to an aromatic ring is 1. The molecule has 1 saturated carbocycles. The number of hydrogen-bond donors (Lipinski definition) is 3. The van der Waals surface area contributed by atoms with Gasteiger partial charge in [0.25, 0.3) is 5.91 Å². The lowest BCUT2D eigenvalue weighted by Crippen LogP contribution is -2.32. The van der Waals surface area contributed by atoms with Gasteiger partial charge in [-0.1, -0.05) is 12.5 Å². The van der Waals surface area contributed by atoms with Gasteiger partial charge in [-0.25, -0.2) is 0 Å². The van der Waals surface area contributed by atoms with Crippen molar-refractivity contribution in [2.24, 2.45) is 11.8 Å². The van der Waals surface area contributed by atoms with E-state index in [1.807, 2.05) is 6.92 Å². The Kier molecular flexibility index (Phi) is 5.44. The van der Waals surface area contributed by atoms with Gasteiger partial charge in [0.15, 0.2) is 0 Å². The van der Waals surface area contributed by atoms with Crippen LogP contribution in [-0.4, -0.2) is 30.8 Å². The number of carbonyl (C=O) groups is 1. The van der Waals surface area contributed by atoms with Gasteiger partial charge >= 0.3 is 0 Å². The Balaban J connectivity index is 2.03. The van der Waals surface area contributed by atoms with E-state index in [4.69, 9.17) is 10.5 Å². The third-order valence-corrected chi connectivity index (χ3v) is 4.16. The molecule has 1 amide bonds. The molecule has 5 heteroatoms. The number of aliphatic hydroxyl groups excluding tert-OH is 1. The Labute approximate surface area is 125 Å². The van der Waals surface area contributed by atoms with Crippen molar-refractivity contribution < 1.29 is 14.6 Å². The van der Waals surface area contributed by atoms with E-state index in [-0.39, 0.29) is 12.5 Å². The minimum atomic E-state index is -0.208. The van der Waals surface area contributed by atoms with E-state index < -0.39 is 0 Å².